The van der Waals surface area contributed by atoms with Gasteiger partial charge < -0.3 is 9.47 Å². The molecule has 0 saturated carbocycles. The van der Waals surface area contributed by atoms with Gasteiger partial charge in [0.15, 0.2) is 0 Å². The van der Waals surface area contributed by atoms with E-state index >= 15 is 0 Å². The number of hydrogen-bond acceptors (Lipinski definition) is 4. The normalized spacial score (nSPS) is 13.4. The quantitative estimate of drug-likeness (QED) is 0.825. The molecule has 0 spiro atoms. The van der Waals surface area contributed by atoms with E-state index in [9.17, 15) is 8.42 Å². The average molecular weight is 259 g/mol. The molecule has 0 amide bonds. The number of rotatable bonds is 6. The third-order valence-corrected chi connectivity index (χ3v) is 2.99. The highest BCUT2D eigenvalue weighted by Crippen LogP contribution is 2.26. The molecule has 0 saturated heterocycles. The highest BCUT2D eigenvalue weighted by molar-refractivity contribution is 7.88. The zero-order valence-electron chi connectivity index (χ0n) is 10.1. The van der Waals surface area contributed by atoms with Crippen LogP contribution in [0.5, 0.6) is 5.75 Å². The maximum atomic E-state index is 11.0. The first-order valence-corrected chi connectivity index (χ1v) is 6.97. The average Bonchev–Trinajstić information content (AvgIpc) is 2.29. The molecule has 17 heavy (non-hydrogen) atoms. The molecule has 6 heteroatoms. The highest BCUT2D eigenvalue weighted by atomic mass is 32.2. The molecule has 0 heterocycles. The zero-order chi connectivity index (χ0) is 12.9. The molecule has 0 aromatic heterocycles. The lowest BCUT2D eigenvalue weighted by Gasteiger charge is -2.18. The van der Waals surface area contributed by atoms with Crippen LogP contribution < -0.4 is 9.46 Å². The molecule has 1 atom stereocenters. The number of methoxy groups -OCH3 is 2. The highest BCUT2D eigenvalue weighted by Gasteiger charge is 2.16. The Hall–Kier alpha value is -1.11. The van der Waals surface area contributed by atoms with Gasteiger partial charge >= 0.3 is 0 Å². The summed E-state index contributed by atoms with van der Waals surface area (Å²) in [4.78, 5) is 0. The van der Waals surface area contributed by atoms with Crippen LogP contribution >= 0.6 is 0 Å². The van der Waals surface area contributed by atoms with Crippen LogP contribution in [0.25, 0.3) is 0 Å². The summed E-state index contributed by atoms with van der Waals surface area (Å²) in [6.07, 6.45) is 0.739. The molecule has 1 N–H and O–H groups in total. The SMILES string of the molecule is COc1ccccc1C(CNS(C)(=O)=O)OC. The van der Waals surface area contributed by atoms with Crippen molar-refractivity contribution in [3.05, 3.63) is 29.8 Å². The van der Waals surface area contributed by atoms with Crippen LogP contribution in [0.4, 0.5) is 0 Å². The summed E-state index contributed by atoms with van der Waals surface area (Å²) in [5, 5.41) is 0. The van der Waals surface area contributed by atoms with Gasteiger partial charge in [-0.15, -0.1) is 0 Å². The van der Waals surface area contributed by atoms with Gasteiger partial charge in [-0.3, -0.25) is 0 Å². The first-order chi connectivity index (χ1) is 7.98. The molecular formula is C11H17NO4S. The zero-order valence-corrected chi connectivity index (χ0v) is 11.0. The topological polar surface area (TPSA) is 64.6 Å². The molecule has 0 bridgehead atoms. The predicted molar refractivity (Wildman–Crippen MR) is 65.6 cm³/mol. The van der Waals surface area contributed by atoms with Gasteiger partial charge in [0, 0.05) is 19.2 Å². The lowest BCUT2D eigenvalue weighted by Crippen LogP contribution is -2.28. The van der Waals surface area contributed by atoms with Gasteiger partial charge in [-0.2, -0.15) is 0 Å². The molecule has 96 valence electrons. The van der Waals surface area contributed by atoms with E-state index in [2.05, 4.69) is 4.72 Å². The summed E-state index contributed by atoms with van der Waals surface area (Å²) in [6, 6.07) is 7.35. The van der Waals surface area contributed by atoms with Gasteiger partial charge in [0.2, 0.25) is 10.0 Å². The molecule has 5 nitrogen and oxygen atoms in total. The molecule has 1 aromatic rings. The lowest BCUT2D eigenvalue weighted by atomic mass is 10.1. The monoisotopic (exact) mass is 259 g/mol. The van der Waals surface area contributed by atoms with E-state index in [1.54, 1.807) is 7.11 Å². The van der Waals surface area contributed by atoms with Gasteiger partial charge in [0.1, 0.15) is 5.75 Å². The minimum atomic E-state index is -3.23. The second-order valence-electron chi connectivity index (χ2n) is 3.59. The van der Waals surface area contributed by atoms with Crippen molar-refractivity contribution in [2.45, 2.75) is 6.10 Å². The largest absolute Gasteiger partial charge is 0.496 e. The van der Waals surface area contributed by atoms with Gasteiger partial charge in [0.25, 0.3) is 0 Å². The summed E-state index contributed by atoms with van der Waals surface area (Å²) in [6.45, 7) is 0.176. The molecule has 0 aliphatic carbocycles. The van der Waals surface area contributed by atoms with E-state index in [-0.39, 0.29) is 12.6 Å². The number of hydrogen-bond donors (Lipinski definition) is 1. The van der Waals surface area contributed by atoms with E-state index < -0.39 is 10.0 Å². The van der Waals surface area contributed by atoms with Crippen molar-refractivity contribution in [1.82, 2.24) is 4.72 Å². The van der Waals surface area contributed by atoms with Gasteiger partial charge in [-0.1, -0.05) is 18.2 Å². The molecule has 0 fully saturated rings. The van der Waals surface area contributed by atoms with E-state index in [0.29, 0.717) is 5.75 Å². The van der Waals surface area contributed by atoms with Crippen LogP contribution in [0.1, 0.15) is 11.7 Å². The van der Waals surface area contributed by atoms with Crippen molar-refractivity contribution in [1.29, 1.82) is 0 Å². The lowest BCUT2D eigenvalue weighted by molar-refractivity contribution is 0.105. The Labute approximate surface area is 102 Å². The molecule has 0 radical (unpaired) electrons. The van der Waals surface area contributed by atoms with E-state index in [1.165, 1.54) is 7.11 Å². The molecule has 1 aromatic carbocycles. The van der Waals surface area contributed by atoms with Gasteiger partial charge in [-0.25, -0.2) is 13.1 Å². The summed E-state index contributed by atoms with van der Waals surface area (Å²) < 4.78 is 35.0. The Morgan fingerprint density at radius 1 is 1.29 bits per heavy atom. The van der Waals surface area contributed by atoms with Crippen molar-refractivity contribution in [3.63, 3.8) is 0 Å². The fourth-order valence-electron chi connectivity index (χ4n) is 1.48. The summed E-state index contributed by atoms with van der Waals surface area (Å²) in [5.41, 5.74) is 0.814. The van der Waals surface area contributed by atoms with E-state index in [1.807, 2.05) is 24.3 Å². The third kappa shape index (κ3) is 4.33. The first-order valence-electron chi connectivity index (χ1n) is 5.08. The van der Waals surface area contributed by atoms with Crippen LogP contribution in [0, 0.1) is 0 Å². The first kappa shape index (κ1) is 14.0. The molecular weight excluding hydrogens is 242 g/mol. The Morgan fingerprint density at radius 3 is 2.47 bits per heavy atom. The van der Waals surface area contributed by atoms with Crippen LogP contribution in [-0.2, 0) is 14.8 Å². The number of benzene rings is 1. The minimum Gasteiger partial charge on any atom is -0.496 e. The number of para-hydroxylation sites is 1. The van der Waals surface area contributed by atoms with Crippen LogP contribution in [-0.4, -0.2) is 35.4 Å². The Kier molecular flexibility index (Phi) is 4.92. The van der Waals surface area contributed by atoms with Crippen molar-refractivity contribution in [3.8, 4) is 5.75 Å². The van der Waals surface area contributed by atoms with Crippen LogP contribution in [0.2, 0.25) is 0 Å². The van der Waals surface area contributed by atoms with Crippen LogP contribution in [0.3, 0.4) is 0 Å². The maximum absolute atomic E-state index is 11.0. The molecule has 1 unspecified atom stereocenters. The standard InChI is InChI=1S/C11H17NO4S/c1-15-10-7-5-4-6-9(10)11(16-2)8-12-17(3,13)14/h4-7,11-12H,8H2,1-3H3. The second-order valence-corrected chi connectivity index (χ2v) is 5.42. The van der Waals surface area contributed by atoms with E-state index in [0.717, 1.165) is 11.8 Å². The molecule has 1 rings (SSSR count). The van der Waals surface area contributed by atoms with Crippen LogP contribution in [0.15, 0.2) is 24.3 Å². The Balaban J connectivity index is 2.86. The van der Waals surface area contributed by atoms with Crippen molar-refractivity contribution in [2.24, 2.45) is 0 Å². The number of nitrogens with one attached hydrogen (secondary N) is 1. The maximum Gasteiger partial charge on any atom is 0.208 e. The fraction of sp³-hybridized carbons (Fsp3) is 0.455. The third-order valence-electron chi connectivity index (χ3n) is 2.30. The van der Waals surface area contributed by atoms with Crippen molar-refractivity contribution in [2.75, 3.05) is 27.0 Å². The van der Waals surface area contributed by atoms with E-state index in [4.69, 9.17) is 9.47 Å². The van der Waals surface area contributed by atoms with Crippen molar-refractivity contribution >= 4 is 10.0 Å². The summed E-state index contributed by atoms with van der Waals surface area (Å²) in [5.74, 6) is 0.676. The minimum absolute atomic E-state index is 0.176. The number of ether oxygens (including phenoxy) is 2. The number of sulfonamides is 1. The van der Waals surface area contributed by atoms with Gasteiger partial charge in [-0.05, 0) is 6.07 Å². The summed E-state index contributed by atoms with van der Waals surface area (Å²) >= 11 is 0. The van der Waals surface area contributed by atoms with Gasteiger partial charge in [0.05, 0.1) is 19.5 Å². The Bertz CT molecular complexity index is 458. The fourth-order valence-corrected chi connectivity index (χ4v) is 1.93. The smallest absolute Gasteiger partial charge is 0.208 e. The summed E-state index contributed by atoms with van der Waals surface area (Å²) in [7, 11) is -0.134. The van der Waals surface area contributed by atoms with Crippen molar-refractivity contribution < 1.29 is 17.9 Å². The second kappa shape index (κ2) is 6.00. The molecule has 0 aliphatic heterocycles. The molecule has 0 aliphatic rings. The predicted octanol–water partition coefficient (Wildman–Crippen LogP) is 0.932. The Morgan fingerprint density at radius 2 is 1.94 bits per heavy atom.